The molecular formula is C132H81N15O3. The molecule has 702 valence electrons. The lowest BCUT2D eigenvalue weighted by Gasteiger charge is -2.14. The van der Waals surface area contributed by atoms with Gasteiger partial charge in [0, 0.05) is 122 Å². The summed E-state index contributed by atoms with van der Waals surface area (Å²) < 4.78 is 25.6. The van der Waals surface area contributed by atoms with Crippen molar-refractivity contribution in [2.45, 2.75) is 0 Å². The fourth-order valence-corrected chi connectivity index (χ4v) is 21.1. The number of fused-ring (bicyclic) bond motifs is 18. The van der Waals surface area contributed by atoms with Gasteiger partial charge < -0.3 is 27.0 Å². The van der Waals surface area contributed by atoms with Gasteiger partial charge in [0.25, 0.3) is 0 Å². The average molecular weight is 1930 g/mol. The van der Waals surface area contributed by atoms with Gasteiger partial charge in [-0.25, -0.2) is 44.9 Å². The van der Waals surface area contributed by atoms with E-state index >= 15 is 0 Å². The molecule has 0 fully saturated rings. The Balaban J connectivity index is 0.000000108. The second-order valence-electron chi connectivity index (χ2n) is 36.9. The summed E-state index contributed by atoms with van der Waals surface area (Å²) in [4.78, 5) is 58.8. The lowest BCUT2D eigenvalue weighted by Crippen LogP contribution is -2.04. The molecule has 0 amide bonds. The number of benzene rings is 18. The van der Waals surface area contributed by atoms with E-state index in [2.05, 4.69) is 231 Å². The Hall–Kier alpha value is -20.8. The molecule has 18 nitrogen and oxygen atoms in total. The molecule has 0 spiro atoms. The van der Waals surface area contributed by atoms with Crippen LogP contribution in [0.5, 0.6) is 0 Å². The molecule has 0 bridgehead atoms. The number of para-hydroxylation sites is 6. The van der Waals surface area contributed by atoms with Crippen LogP contribution in [0, 0.1) is 0 Å². The first-order chi connectivity index (χ1) is 74.4. The SMILES string of the molecule is c1ccc(-c2nc(-c3ccccc3)nc(-c3ccc(-n4c5ccccc5c5ccc(-c6cccc7oc8ccccc8c67)cc54)cn3)n2)cc1.c1ccc(-c2nc(-c3ccccc3)nc(-c3ccncc3-n3c4ccccc4c4ccc(-c5cccc6oc7ccccc7c56)cc43)n2)cc1.c1ccc(-c2nc(-c3ccccc3)nc(-c3cncc(-n4c5ccccc5c5ccc(-c6cccc7oc8ccccc8c67)cc54)c3)n2)cc1. The number of hydrogen-bond donors (Lipinski definition) is 0. The van der Waals surface area contributed by atoms with Crippen molar-refractivity contribution in [3.8, 4) is 153 Å². The van der Waals surface area contributed by atoms with Crippen LogP contribution in [0.25, 0.3) is 284 Å². The van der Waals surface area contributed by atoms with Gasteiger partial charge in [-0.3, -0.25) is 15.0 Å². The zero-order valence-electron chi connectivity index (χ0n) is 80.2. The molecule has 150 heavy (non-hydrogen) atoms. The summed E-state index contributed by atoms with van der Waals surface area (Å²) in [6.07, 6.45) is 9.35. The summed E-state index contributed by atoms with van der Waals surface area (Å²) in [6, 6.07) is 158. The highest BCUT2D eigenvalue weighted by Gasteiger charge is 2.27. The van der Waals surface area contributed by atoms with E-state index in [1.807, 2.05) is 274 Å². The summed E-state index contributed by atoms with van der Waals surface area (Å²) in [6.45, 7) is 0. The van der Waals surface area contributed by atoms with Crippen molar-refractivity contribution in [3.05, 3.63) is 492 Å². The number of rotatable bonds is 15. The van der Waals surface area contributed by atoms with Crippen LogP contribution in [0.4, 0.5) is 0 Å². The lowest BCUT2D eigenvalue weighted by atomic mass is 9.98. The molecule has 30 aromatic rings. The molecule has 30 rings (SSSR count). The third kappa shape index (κ3) is 15.5. The monoisotopic (exact) mass is 1920 g/mol. The topological polar surface area (TPSA) is 209 Å². The molecule has 0 unspecified atom stereocenters. The molecule has 18 heteroatoms. The molecule has 0 saturated carbocycles. The maximum absolute atomic E-state index is 6.26. The number of hydrogen-bond acceptors (Lipinski definition) is 15. The Kier molecular flexibility index (Phi) is 21.4. The quantitative estimate of drug-likeness (QED) is 0.0935. The van der Waals surface area contributed by atoms with E-state index in [9.17, 15) is 0 Å². The third-order valence-corrected chi connectivity index (χ3v) is 28.0. The summed E-state index contributed by atoms with van der Waals surface area (Å²) >= 11 is 0. The first kappa shape index (κ1) is 87.1. The highest BCUT2D eigenvalue weighted by Crippen LogP contribution is 2.47. The minimum absolute atomic E-state index is 0.522. The Morgan fingerprint density at radius 1 is 0.167 bits per heavy atom. The smallest absolute Gasteiger partial charge is 0.182 e. The molecule has 12 aromatic heterocycles. The Morgan fingerprint density at radius 2 is 0.473 bits per heavy atom. The zero-order chi connectivity index (χ0) is 99.1. The molecule has 18 aromatic carbocycles. The van der Waals surface area contributed by atoms with Crippen molar-refractivity contribution in [2.24, 2.45) is 0 Å². The molecule has 0 aliphatic rings. The van der Waals surface area contributed by atoms with Gasteiger partial charge in [0.1, 0.15) is 39.2 Å². The fraction of sp³-hybridized carbons (Fsp3) is 0. The van der Waals surface area contributed by atoms with E-state index in [4.69, 9.17) is 68.1 Å². The highest BCUT2D eigenvalue weighted by atomic mass is 16.3. The van der Waals surface area contributed by atoms with Gasteiger partial charge in [-0.1, -0.05) is 364 Å². The predicted octanol–water partition coefficient (Wildman–Crippen LogP) is 32.8. The molecule has 0 N–H and O–H groups in total. The molecule has 0 radical (unpaired) electrons. The molecule has 0 saturated heterocycles. The maximum atomic E-state index is 6.26. The second-order valence-corrected chi connectivity index (χ2v) is 36.9. The average Bonchev–Trinajstić information content (AvgIpc) is 1.58. The Morgan fingerprint density at radius 3 is 0.847 bits per heavy atom. The molecule has 0 aliphatic heterocycles. The Bertz CT molecular complexity index is 10300. The summed E-state index contributed by atoms with van der Waals surface area (Å²) in [5.74, 6) is 5.33. The largest absolute Gasteiger partial charge is 0.456 e. The number of furan rings is 3. The van der Waals surface area contributed by atoms with Gasteiger partial charge in [0.05, 0.1) is 68.8 Å². The predicted molar refractivity (Wildman–Crippen MR) is 603 cm³/mol. The number of nitrogens with zero attached hydrogens (tertiary/aromatic N) is 15. The normalized spacial score (nSPS) is 11.6. The number of pyridine rings is 3. The highest BCUT2D eigenvalue weighted by molar-refractivity contribution is 6.19. The van der Waals surface area contributed by atoms with Crippen LogP contribution < -0.4 is 0 Å². The van der Waals surface area contributed by atoms with E-state index in [0.29, 0.717) is 58.1 Å². The Labute approximate surface area is 857 Å². The maximum Gasteiger partial charge on any atom is 0.182 e. The van der Waals surface area contributed by atoms with Crippen LogP contribution in [-0.4, -0.2) is 73.5 Å². The van der Waals surface area contributed by atoms with Crippen LogP contribution in [0.15, 0.2) is 505 Å². The molecule has 12 heterocycles. The van der Waals surface area contributed by atoms with E-state index < -0.39 is 0 Å². The van der Waals surface area contributed by atoms with Crippen LogP contribution in [0.3, 0.4) is 0 Å². The van der Waals surface area contributed by atoms with Crippen molar-refractivity contribution in [1.29, 1.82) is 0 Å². The standard InChI is InChI=1S/3C44H27N5O/c1-3-12-28(13-4-1)42-46-43(29-14-5-2-6-15-29)48-44(47-42)36-25-23-31(27-45-36)49-37-19-9-7-16-33(37)34-24-22-30(26-38(34)49)32-18-11-21-40-41(32)35-17-8-10-20-39(35)50-40;1-3-12-28(13-4-1)42-46-43(29-14-5-2-6-15-29)48-44(47-42)31-24-32(27-45-26-31)49-37-19-9-7-16-34(37)35-23-22-30(25-38(35)49)33-18-11-21-40-41(33)36-17-8-10-20-39(36)50-40;1-3-12-28(13-4-1)42-46-43(29-14-5-2-6-15-29)48-44(47-42)34-24-25-45-27-38(34)49-36-19-9-7-16-32(36)33-23-22-30(26-37(33)49)31-18-11-21-40-41(31)35-17-8-10-20-39(35)50-40/h3*1-27H. The van der Waals surface area contributed by atoms with Gasteiger partial charge in [0.2, 0.25) is 0 Å². The van der Waals surface area contributed by atoms with Gasteiger partial charge in [-0.15, -0.1) is 0 Å². The first-order valence-corrected chi connectivity index (χ1v) is 49.7. The molecule has 0 atom stereocenters. The fourth-order valence-electron chi connectivity index (χ4n) is 21.1. The van der Waals surface area contributed by atoms with Crippen LogP contribution in [-0.2, 0) is 0 Å². The van der Waals surface area contributed by atoms with Crippen molar-refractivity contribution >= 4 is 131 Å². The van der Waals surface area contributed by atoms with Crippen molar-refractivity contribution in [1.82, 2.24) is 73.5 Å². The zero-order valence-corrected chi connectivity index (χ0v) is 80.2. The summed E-state index contributed by atoms with van der Waals surface area (Å²) in [7, 11) is 0. The van der Waals surface area contributed by atoms with E-state index in [1.165, 1.54) is 16.2 Å². The van der Waals surface area contributed by atoms with Gasteiger partial charge in [-0.05, 0) is 130 Å². The third-order valence-electron chi connectivity index (χ3n) is 28.0. The minimum Gasteiger partial charge on any atom is -0.456 e. The van der Waals surface area contributed by atoms with Gasteiger partial charge in [0.15, 0.2) is 52.4 Å². The molecule has 0 aliphatic carbocycles. The second kappa shape index (κ2) is 36.9. The van der Waals surface area contributed by atoms with Gasteiger partial charge in [-0.2, -0.15) is 0 Å². The minimum atomic E-state index is 0.522. The first-order valence-electron chi connectivity index (χ1n) is 49.7. The lowest BCUT2D eigenvalue weighted by molar-refractivity contribution is 0.668. The van der Waals surface area contributed by atoms with Crippen molar-refractivity contribution < 1.29 is 13.3 Å². The van der Waals surface area contributed by atoms with Gasteiger partial charge >= 0.3 is 0 Å². The molecular weight excluding hydrogens is 1840 g/mol. The van der Waals surface area contributed by atoms with E-state index in [0.717, 1.165) is 210 Å². The summed E-state index contributed by atoms with van der Waals surface area (Å²) in [5, 5.41) is 13.7. The van der Waals surface area contributed by atoms with Crippen LogP contribution in [0.1, 0.15) is 0 Å². The van der Waals surface area contributed by atoms with E-state index in [-0.39, 0.29) is 0 Å². The summed E-state index contributed by atoms with van der Waals surface area (Å²) in [5.41, 5.74) is 29.1. The number of aromatic nitrogens is 15. The van der Waals surface area contributed by atoms with Crippen LogP contribution >= 0.6 is 0 Å². The van der Waals surface area contributed by atoms with Crippen LogP contribution in [0.2, 0.25) is 0 Å². The van der Waals surface area contributed by atoms with Crippen molar-refractivity contribution in [3.63, 3.8) is 0 Å². The van der Waals surface area contributed by atoms with Crippen molar-refractivity contribution in [2.75, 3.05) is 0 Å². The van der Waals surface area contributed by atoms with E-state index in [1.54, 1.807) is 6.20 Å².